The lowest BCUT2D eigenvalue weighted by Crippen LogP contribution is -1.96. The molecule has 1 fully saturated rings. The normalized spacial score (nSPS) is 21.4. The largest absolute Gasteiger partial charge is 0.323 e. The van der Waals surface area contributed by atoms with Crippen LogP contribution in [-0.2, 0) is 0 Å². The summed E-state index contributed by atoms with van der Waals surface area (Å²) in [6, 6.07) is 0. The molecule has 0 atom stereocenters. The van der Waals surface area contributed by atoms with Gasteiger partial charge in [-0.15, -0.1) is 0 Å². The Labute approximate surface area is 49.8 Å². The van der Waals surface area contributed by atoms with Crippen LogP contribution in [0.2, 0.25) is 0 Å². The van der Waals surface area contributed by atoms with Crippen molar-refractivity contribution >= 4 is 5.71 Å². The molecule has 1 aliphatic carbocycles. The van der Waals surface area contributed by atoms with Gasteiger partial charge in [0.25, 0.3) is 0 Å². The Hall–Kier alpha value is -0.530. The number of hydrogen-bond donors (Lipinski definition) is 1. The average Bonchev–Trinajstić information content (AvgIpc) is 2.50. The first-order valence-corrected chi connectivity index (χ1v) is 3.06. The fourth-order valence-electron chi connectivity index (χ4n) is 0.792. The van der Waals surface area contributed by atoms with Crippen LogP contribution in [0.25, 0.3) is 0 Å². The molecule has 2 N–H and O–H groups in total. The first-order chi connectivity index (χ1) is 3.83. The van der Waals surface area contributed by atoms with Gasteiger partial charge in [-0.2, -0.15) is 5.10 Å². The molecule has 0 aromatic rings. The molecule has 46 valence electrons. The van der Waals surface area contributed by atoms with Crippen LogP contribution in [0.5, 0.6) is 0 Å². The van der Waals surface area contributed by atoms with Crippen LogP contribution in [0.1, 0.15) is 26.2 Å². The highest BCUT2D eigenvalue weighted by molar-refractivity contribution is 5.81. The zero-order valence-electron chi connectivity index (χ0n) is 5.22. The van der Waals surface area contributed by atoms with Gasteiger partial charge in [0, 0.05) is 5.71 Å². The first kappa shape index (κ1) is 5.60. The summed E-state index contributed by atoms with van der Waals surface area (Å²) in [5.74, 6) is 5.95. The topological polar surface area (TPSA) is 38.4 Å². The quantitative estimate of drug-likeness (QED) is 0.324. The molecule has 0 aromatic heterocycles. The monoisotopic (exact) mass is 112 g/mol. The minimum absolute atomic E-state index is 0.919. The maximum Gasteiger partial charge on any atom is 0.0347 e. The van der Waals surface area contributed by atoms with E-state index in [1.54, 1.807) is 0 Å². The minimum Gasteiger partial charge on any atom is -0.323 e. The summed E-state index contributed by atoms with van der Waals surface area (Å²) in [5.41, 5.74) is 1.09. The van der Waals surface area contributed by atoms with E-state index >= 15 is 0 Å². The van der Waals surface area contributed by atoms with E-state index < -0.39 is 0 Å². The van der Waals surface area contributed by atoms with E-state index in [1.807, 2.05) is 6.92 Å². The van der Waals surface area contributed by atoms with Crippen LogP contribution in [0, 0.1) is 5.92 Å². The second-order valence-corrected chi connectivity index (χ2v) is 2.51. The standard InChI is InChI=1S/C6H12N2/c1-5(8-7)4-6-2-3-6/h6H,2-4,7H2,1H3/b8-5+. The van der Waals surface area contributed by atoms with Crippen molar-refractivity contribution in [2.75, 3.05) is 0 Å². The molecule has 1 aliphatic rings. The van der Waals surface area contributed by atoms with Gasteiger partial charge in [0.15, 0.2) is 0 Å². The third-order valence-corrected chi connectivity index (χ3v) is 1.50. The fraction of sp³-hybridized carbons (Fsp3) is 0.833. The third-order valence-electron chi connectivity index (χ3n) is 1.50. The maximum absolute atomic E-state index is 5.04. The number of rotatable bonds is 2. The molecular formula is C6H12N2. The molecular weight excluding hydrogens is 100 g/mol. The Bertz CT molecular complexity index is 103. The molecule has 0 saturated heterocycles. The minimum atomic E-state index is 0.919. The first-order valence-electron chi connectivity index (χ1n) is 3.06. The summed E-state index contributed by atoms with van der Waals surface area (Å²) in [4.78, 5) is 0. The van der Waals surface area contributed by atoms with E-state index in [0.29, 0.717) is 0 Å². The van der Waals surface area contributed by atoms with Crippen molar-refractivity contribution in [1.82, 2.24) is 0 Å². The van der Waals surface area contributed by atoms with E-state index in [9.17, 15) is 0 Å². The van der Waals surface area contributed by atoms with Crippen molar-refractivity contribution in [3.8, 4) is 0 Å². The molecule has 2 nitrogen and oxygen atoms in total. The van der Waals surface area contributed by atoms with E-state index in [4.69, 9.17) is 5.84 Å². The molecule has 0 unspecified atom stereocenters. The van der Waals surface area contributed by atoms with Gasteiger partial charge in [0.05, 0.1) is 0 Å². The van der Waals surface area contributed by atoms with Crippen molar-refractivity contribution in [2.24, 2.45) is 16.9 Å². The average molecular weight is 112 g/mol. The molecule has 0 aliphatic heterocycles. The lowest BCUT2D eigenvalue weighted by Gasteiger charge is -1.91. The van der Waals surface area contributed by atoms with Crippen molar-refractivity contribution in [3.63, 3.8) is 0 Å². The summed E-state index contributed by atoms with van der Waals surface area (Å²) in [7, 11) is 0. The summed E-state index contributed by atoms with van der Waals surface area (Å²) in [6.45, 7) is 1.98. The molecule has 0 amide bonds. The highest BCUT2D eigenvalue weighted by atomic mass is 15.1. The van der Waals surface area contributed by atoms with Gasteiger partial charge in [-0.3, -0.25) is 0 Å². The summed E-state index contributed by atoms with van der Waals surface area (Å²) >= 11 is 0. The number of hydrazone groups is 1. The Morgan fingerprint density at radius 1 is 1.75 bits per heavy atom. The van der Waals surface area contributed by atoms with Gasteiger partial charge in [0.2, 0.25) is 0 Å². The summed E-state index contributed by atoms with van der Waals surface area (Å²) in [6.07, 6.45) is 3.89. The molecule has 0 radical (unpaired) electrons. The highest BCUT2D eigenvalue weighted by Gasteiger charge is 2.21. The maximum atomic E-state index is 5.04. The van der Waals surface area contributed by atoms with Gasteiger partial charge in [-0.25, -0.2) is 0 Å². The third kappa shape index (κ3) is 1.52. The lowest BCUT2D eigenvalue weighted by molar-refractivity contribution is 0.885. The van der Waals surface area contributed by atoms with Crippen LogP contribution in [0.3, 0.4) is 0 Å². The van der Waals surface area contributed by atoms with Crippen molar-refractivity contribution in [1.29, 1.82) is 0 Å². The van der Waals surface area contributed by atoms with Gasteiger partial charge in [0.1, 0.15) is 0 Å². The van der Waals surface area contributed by atoms with Crippen LogP contribution in [-0.4, -0.2) is 5.71 Å². The van der Waals surface area contributed by atoms with E-state index in [1.165, 1.54) is 12.8 Å². The smallest absolute Gasteiger partial charge is 0.0347 e. The number of nitrogens with zero attached hydrogens (tertiary/aromatic N) is 1. The van der Waals surface area contributed by atoms with Crippen molar-refractivity contribution in [3.05, 3.63) is 0 Å². The lowest BCUT2D eigenvalue weighted by atomic mass is 10.2. The molecule has 1 rings (SSSR count). The molecule has 2 heteroatoms. The number of nitrogens with two attached hydrogens (primary N) is 1. The molecule has 8 heavy (non-hydrogen) atoms. The molecule has 0 spiro atoms. The Balaban J connectivity index is 2.16. The predicted octanol–water partition coefficient (Wildman–Crippen LogP) is 1.12. The second-order valence-electron chi connectivity index (χ2n) is 2.51. The van der Waals surface area contributed by atoms with E-state index in [-0.39, 0.29) is 0 Å². The second kappa shape index (κ2) is 2.16. The van der Waals surface area contributed by atoms with Crippen molar-refractivity contribution < 1.29 is 0 Å². The van der Waals surface area contributed by atoms with Gasteiger partial charge < -0.3 is 5.84 Å². The zero-order chi connectivity index (χ0) is 5.98. The van der Waals surface area contributed by atoms with Gasteiger partial charge in [-0.1, -0.05) is 0 Å². The highest BCUT2D eigenvalue weighted by Crippen LogP contribution is 2.32. The van der Waals surface area contributed by atoms with E-state index in [0.717, 1.165) is 18.1 Å². The Morgan fingerprint density at radius 2 is 2.38 bits per heavy atom. The van der Waals surface area contributed by atoms with E-state index in [2.05, 4.69) is 5.10 Å². The SMILES string of the molecule is C/C(CC1CC1)=N\N. The Kier molecular flexibility index (Phi) is 1.51. The molecule has 0 aromatic carbocycles. The van der Waals surface area contributed by atoms with Crippen LogP contribution in [0.4, 0.5) is 0 Å². The zero-order valence-corrected chi connectivity index (χ0v) is 5.22. The summed E-state index contributed by atoms with van der Waals surface area (Å²) in [5, 5.41) is 3.59. The van der Waals surface area contributed by atoms with Crippen molar-refractivity contribution in [2.45, 2.75) is 26.2 Å². The van der Waals surface area contributed by atoms with Crippen LogP contribution >= 0.6 is 0 Å². The van der Waals surface area contributed by atoms with Gasteiger partial charge >= 0.3 is 0 Å². The Morgan fingerprint density at radius 3 is 2.75 bits per heavy atom. The molecule has 1 saturated carbocycles. The predicted molar refractivity (Wildman–Crippen MR) is 34.6 cm³/mol. The van der Waals surface area contributed by atoms with Crippen LogP contribution in [0.15, 0.2) is 5.10 Å². The fourth-order valence-corrected chi connectivity index (χ4v) is 0.792. The van der Waals surface area contributed by atoms with Crippen LogP contribution < -0.4 is 5.84 Å². The molecule has 0 heterocycles. The number of hydrogen-bond acceptors (Lipinski definition) is 2. The van der Waals surface area contributed by atoms with Gasteiger partial charge in [-0.05, 0) is 32.1 Å². The summed E-state index contributed by atoms with van der Waals surface area (Å²) < 4.78 is 0. The molecule has 0 bridgehead atoms.